The van der Waals surface area contributed by atoms with E-state index >= 15 is 0 Å². The third-order valence-electron chi connectivity index (χ3n) is 2.61. The summed E-state index contributed by atoms with van der Waals surface area (Å²) >= 11 is 1.55. The van der Waals surface area contributed by atoms with Crippen LogP contribution in [0.2, 0.25) is 0 Å². The molecular formula is C14H18N2O3S. The minimum absolute atomic E-state index is 0.179. The van der Waals surface area contributed by atoms with E-state index in [4.69, 9.17) is 9.47 Å². The number of nitrogens with one attached hydrogen (secondary N) is 1. The molecule has 0 aromatic heterocycles. The molecule has 5 nitrogen and oxygen atoms in total. The lowest BCUT2D eigenvalue weighted by molar-refractivity contribution is 0.0977. The molecule has 1 aliphatic rings. The quantitative estimate of drug-likeness (QED) is 0.905. The summed E-state index contributed by atoms with van der Waals surface area (Å²) in [6.07, 6.45) is 0. The van der Waals surface area contributed by atoms with Gasteiger partial charge in [0.25, 0.3) is 5.91 Å². The van der Waals surface area contributed by atoms with Gasteiger partial charge in [-0.1, -0.05) is 11.8 Å². The average molecular weight is 294 g/mol. The van der Waals surface area contributed by atoms with Crippen LogP contribution in [-0.2, 0) is 0 Å². The Hall–Kier alpha value is -1.69. The Bertz CT molecular complexity index is 517. The molecule has 0 atom stereocenters. The van der Waals surface area contributed by atoms with E-state index in [1.165, 1.54) is 0 Å². The first-order valence-corrected chi connectivity index (χ1v) is 7.61. The number of aliphatic imine (C=N–C) groups is 1. The molecule has 0 radical (unpaired) electrons. The monoisotopic (exact) mass is 294 g/mol. The lowest BCUT2D eigenvalue weighted by atomic mass is 10.2. The normalized spacial score (nSPS) is 13.8. The number of amidine groups is 1. The number of rotatable bonds is 5. The number of benzene rings is 1. The Morgan fingerprint density at radius 1 is 1.30 bits per heavy atom. The van der Waals surface area contributed by atoms with Crippen molar-refractivity contribution in [1.29, 1.82) is 0 Å². The van der Waals surface area contributed by atoms with Crippen molar-refractivity contribution in [2.45, 2.75) is 13.8 Å². The Morgan fingerprint density at radius 2 is 2.05 bits per heavy atom. The Balaban J connectivity index is 2.14. The van der Waals surface area contributed by atoms with Crippen molar-refractivity contribution in [2.24, 2.45) is 4.99 Å². The molecule has 0 bridgehead atoms. The van der Waals surface area contributed by atoms with Crippen LogP contribution in [0.4, 0.5) is 0 Å². The zero-order valence-electron chi connectivity index (χ0n) is 11.6. The van der Waals surface area contributed by atoms with Crippen molar-refractivity contribution >= 4 is 22.8 Å². The van der Waals surface area contributed by atoms with Crippen LogP contribution < -0.4 is 14.8 Å². The fourth-order valence-corrected chi connectivity index (χ4v) is 2.50. The number of hydrogen-bond donors (Lipinski definition) is 1. The largest absolute Gasteiger partial charge is 0.490 e. The number of thioether (sulfide) groups is 1. The number of nitrogens with zero attached hydrogens (tertiary/aromatic N) is 1. The fraction of sp³-hybridized carbons (Fsp3) is 0.429. The maximum absolute atomic E-state index is 12.1. The first-order valence-electron chi connectivity index (χ1n) is 6.62. The van der Waals surface area contributed by atoms with Crippen molar-refractivity contribution in [3.8, 4) is 11.5 Å². The van der Waals surface area contributed by atoms with Gasteiger partial charge in [-0.15, -0.1) is 0 Å². The van der Waals surface area contributed by atoms with Gasteiger partial charge in [-0.2, -0.15) is 0 Å². The van der Waals surface area contributed by atoms with Gasteiger partial charge >= 0.3 is 0 Å². The van der Waals surface area contributed by atoms with Crippen molar-refractivity contribution in [3.63, 3.8) is 0 Å². The maximum Gasteiger partial charge on any atom is 0.257 e. The van der Waals surface area contributed by atoms with E-state index in [9.17, 15) is 4.79 Å². The van der Waals surface area contributed by atoms with Gasteiger partial charge in [0.05, 0.1) is 19.8 Å². The molecule has 0 saturated carbocycles. The molecule has 0 saturated heterocycles. The molecule has 0 unspecified atom stereocenters. The molecule has 0 aliphatic carbocycles. The zero-order chi connectivity index (χ0) is 14.4. The van der Waals surface area contributed by atoms with Crippen LogP contribution in [0.15, 0.2) is 23.2 Å². The van der Waals surface area contributed by atoms with Crippen LogP contribution in [0.5, 0.6) is 11.5 Å². The number of carbonyl (C=O) groups is 1. The molecular weight excluding hydrogens is 276 g/mol. The van der Waals surface area contributed by atoms with Crippen molar-refractivity contribution in [3.05, 3.63) is 23.8 Å². The fourth-order valence-electron chi connectivity index (χ4n) is 1.77. The van der Waals surface area contributed by atoms with Crippen LogP contribution in [0.1, 0.15) is 24.2 Å². The second kappa shape index (κ2) is 7.19. The molecule has 1 heterocycles. The topological polar surface area (TPSA) is 59.9 Å². The highest BCUT2D eigenvalue weighted by atomic mass is 32.2. The summed E-state index contributed by atoms with van der Waals surface area (Å²) < 4.78 is 11.0. The number of amides is 1. The third kappa shape index (κ3) is 3.66. The summed E-state index contributed by atoms with van der Waals surface area (Å²) in [6.45, 7) is 5.64. The van der Waals surface area contributed by atoms with E-state index in [2.05, 4.69) is 10.3 Å². The number of carbonyl (C=O) groups excluding carboxylic acids is 1. The minimum Gasteiger partial charge on any atom is -0.490 e. The van der Waals surface area contributed by atoms with Gasteiger partial charge in [0.2, 0.25) is 0 Å². The molecule has 108 valence electrons. The standard InChI is InChI=1S/C14H18N2O3S/c1-3-18-11-6-5-10(9-12(11)19-4-2)13(17)16-14-15-7-8-20-14/h5-6,9H,3-4,7-8H2,1-2H3,(H,15,16,17). The minimum atomic E-state index is -0.179. The molecule has 1 aromatic carbocycles. The predicted octanol–water partition coefficient (Wildman–Crippen LogP) is 2.32. The average Bonchev–Trinajstić information content (AvgIpc) is 2.94. The van der Waals surface area contributed by atoms with Crippen molar-refractivity contribution in [1.82, 2.24) is 5.32 Å². The Morgan fingerprint density at radius 3 is 2.70 bits per heavy atom. The van der Waals surface area contributed by atoms with Crippen LogP contribution in [0, 0.1) is 0 Å². The van der Waals surface area contributed by atoms with E-state index in [0.717, 1.165) is 12.3 Å². The predicted molar refractivity (Wildman–Crippen MR) is 81.0 cm³/mol. The highest BCUT2D eigenvalue weighted by molar-refractivity contribution is 8.14. The van der Waals surface area contributed by atoms with Crippen LogP contribution in [0.25, 0.3) is 0 Å². The highest BCUT2D eigenvalue weighted by Gasteiger charge is 2.15. The Labute approximate surface area is 122 Å². The summed E-state index contributed by atoms with van der Waals surface area (Å²) in [4.78, 5) is 16.3. The van der Waals surface area contributed by atoms with Crippen molar-refractivity contribution in [2.75, 3.05) is 25.5 Å². The summed E-state index contributed by atoms with van der Waals surface area (Å²) in [6, 6.07) is 5.18. The molecule has 1 aliphatic heterocycles. The van der Waals surface area contributed by atoms with Crippen LogP contribution in [-0.4, -0.2) is 36.6 Å². The van der Waals surface area contributed by atoms with Crippen molar-refractivity contribution < 1.29 is 14.3 Å². The first-order chi connectivity index (χ1) is 9.74. The van der Waals surface area contributed by atoms with Gasteiger partial charge in [0.15, 0.2) is 16.7 Å². The van der Waals surface area contributed by atoms with Crippen LogP contribution >= 0.6 is 11.8 Å². The lowest BCUT2D eigenvalue weighted by Gasteiger charge is -2.12. The van der Waals surface area contributed by atoms with Crippen LogP contribution in [0.3, 0.4) is 0 Å². The molecule has 6 heteroatoms. The van der Waals surface area contributed by atoms with E-state index in [-0.39, 0.29) is 5.91 Å². The third-order valence-corrected chi connectivity index (χ3v) is 3.50. The second-order valence-electron chi connectivity index (χ2n) is 4.02. The van der Waals surface area contributed by atoms with Gasteiger partial charge in [-0.05, 0) is 32.0 Å². The van der Waals surface area contributed by atoms with E-state index < -0.39 is 0 Å². The van der Waals surface area contributed by atoms with Gasteiger partial charge in [-0.3, -0.25) is 9.79 Å². The highest BCUT2D eigenvalue weighted by Crippen LogP contribution is 2.28. The smallest absolute Gasteiger partial charge is 0.257 e. The summed E-state index contributed by atoms with van der Waals surface area (Å²) in [5, 5.41) is 3.48. The van der Waals surface area contributed by atoms with Gasteiger partial charge in [0.1, 0.15) is 0 Å². The van der Waals surface area contributed by atoms with Gasteiger partial charge in [-0.25, -0.2) is 0 Å². The summed E-state index contributed by atoms with van der Waals surface area (Å²) in [5.74, 6) is 1.98. The second-order valence-corrected chi connectivity index (χ2v) is 5.10. The number of ether oxygens (including phenoxy) is 2. The molecule has 1 aromatic rings. The molecule has 2 rings (SSSR count). The van der Waals surface area contributed by atoms with E-state index in [0.29, 0.717) is 35.4 Å². The maximum atomic E-state index is 12.1. The SMILES string of the molecule is CCOc1ccc(C(=O)NC2=NCCS2)cc1OCC. The molecule has 0 spiro atoms. The Kier molecular flexibility index (Phi) is 5.29. The summed E-state index contributed by atoms with van der Waals surface area (Å²) in [5.41, 5.74) is 0.534. The first kappa shape index (κ1) is 14.7. The zero-order valence-corrected chi connectivity index (χ0v) is 12.5. The molecule has 1 amide bonds. The number of hydrogen-bond acceptors (Lipinski definition) is 5. The van der Waals surface area contributed by atoms with Gasteiger partial charge in [0, 0.05) is 11.3 Å². The van der Waals surface area contributed by atoms with E-state index in [1.54, 1.807) is 30.0 Å². The molecule has 0 fully saturated rings. The molecule has 20 heavy (non-hydrogen) atoms. The van der Waals surface area contributed by atoms with E-state index in [1.807, 2.05) is 13.8 Å². The molecule has 1 N–H and O–H groups in total. The summed E-state index contributed by atoms with van der Waals surface area (Å²) in [7, 11) is 0. The lowest BCUT2D eigenvalue weighted by Crippen LogP contribution is -2.27. The van der Waals surface area contributed by atoms with Gasteiger partial charge < -0.3 is 14.8 Å².